The van der Waals surface area contributed by atoms with E-state index >= 15 is 0 Å². The molecule has 0 aliphatic heterocycles. The van der Waals surface area contributed by atoms with Gasteiger partial charge < -0.3 is 9.47 Å². The molecule has 0 amide bonds. The molecule has 0 aliphatic rings. The van der Waals surface area contributed by atoms with Gasteiger partial charge >= 0.3 is 5.97 Å². The highest BCUT2D eigenvalue weighted by molar-refractivity contribution is 5.88. The molecule has 0 N–H and O–H groups in total. The van der Waals surface area contributed by atoms with Crippen LogP contribution in [0.5, 0.6) is 0 Å². The van der Waals surface area contributed by atoms with Crippen LogP contribution in [0.15, 0.2) is 78.6 Å². The number of benzene rings is 2. The highest BCUT2D eigenvalue weighted by Crippen LogP contribution is 2.23. The largest absolute Gasteiger partial charge is 0.490 e. The lowest BCUT2D eigenvalue weighted by molar-refractivity contribution is -0.139. The van der Waals surface area contributed by atoms with Gasteiger partial charge in [-0.05, 0) is 28.9 Å². The maximum absolute atomic E-state index is 11.6. The molecule has 3 heteroatoms. The van der Waals surface area contributed by atoms with Gasteiger partial charge in [-0.1, -0.05) is 60.7 Å². The van der Waals surface area contributed by atoms with E-state index in [1.807, 2.05) is 66.7 Å². The van der Waals surface area contributed by atoms with Crippen molar-refractivity contribution in [2.75, 3.05) is 14.2 Å². The molecule has 0 saturated heterocycles. The Morgan fingerprint density at radius 1 is 0.773 bits per heavy atom. The summed E-state index contributed by atoms with van der Waals surface area (Å²) in [7, 11) is 2.77. The minimum Gasteiger partial charge on any atom is -0.490 e. The second-order valence-corrected chi connectivity index (χ2v) is 4.54. The Kier molecular flexibility index (Phi) is 5.55. The Morgan fingerprint density at radius 2 is 1.27 bits per heavy atom. The molecule has 0 heterocycles. The van der Waals surface area contributed by atoms with Gasteiger partial charge in [-0.3, -0.25) is 0 Å². The average Bonchev–Trinajstić information content (AvgIpc) is 2.60. The van der Waals surface area contributed by atoms with Crippen LogP contribution in [0.1, 0.15) is 11.1 Å². The highest BCUT2D eigenvalue weighted by Gasteiger charge is 2.09. The van der Waals surface area contributed by atoms with E-state index in [-0.39, 0.29) is 5.76 Å². The summed E-state index contributed by atoms with van der Waals surface area (Å²) in [6, 6.07) is 20.0. The van der Waals surface area contributed by atoms with Crippen molar-refractivity contribution in [3.8, 4) is 0 Å². The molecule has 0 aromatic heterocycles. The molecule has 112 valence electrons. The minimum atomic E-state index is -0.501. The second-order valence-electron chi connectivity index (χ2n) is 4.54. The fraction of sp³-hybridized carbons (Fsp3) is 0.105. The summed E-state index contributed by atoms with van der Waals surface area (Å²) in [5, 5.41) is 0. The standard InChI is InChI=1S/C19H18O3/c1-21-18(19(20)22-2)14-13-17(15-9-5-3-6-10-15)16-11-7-4-8-12-16/h3-14H,1-2H3. The zero-order valence-corrected chi connectivity index (χ0v) is 12.7. The Morgan fingerprint density at radius 3 is 1.68 bits per heavy atom. The van der Waals surface area contributed by atoms with Crippen molar-refractivity contribution in [2.45, 2.75) is 0 Å². The summed E-state index contributed by atoms with van der Waals surface area (Å²) in [6.45, 7) is 0. The van der Waals surface area contributed by atoms with Crippen molar-refractivity contribution in [3.05, 3.63) is 89.7 Å². The fourth-order valence-electron chi connectivity index (χ4n) is 2.07. The van der Waals surface area contributed by atoms with E-state index in [1.54, 1.807) is 6.08 Å². The lowest BCUT2D eigenvalue weighted by atomic mass is 9.97. The van der Waals surface area contributed by atoms with E-state index in [0.717, 1.165) is 16.7 Å². The molecule has 3 nitrogen and oxygen atoms in total. The van der Waals surface area contributed by atoms with Gasteiger partial charge in [-0.25, -0.2) is 4.79 Å². The van der Waals surface area contributed by atoms with Gasteiger partial charge in [0.2, 0.25) is 5.76 Å². The molecule has 0 spiro atoms. The number of hydrogen-bond donors (Lipinski definition) is 0. The van der Waals surface area contributed by atoms with Crippen LogP contribution in [0.3, 0.4) is 0 Å². The molecular formula is C19H18O3. The molecule has 2 rings (SSSR count). The van der Waals surface area contributed by atoms with E-state index in [0.29, 0.717) is 0 Å². The third-order valence-corrected chi connectivity index (χ3v) is 3.18. The van der Waals surface area contributed by atoms with Crippen LogP contribution in [0.4, 0.5) is 0 Å². The smallest absolute Gasteiger partial charge is 0.373 e. The van der Waals surface area contributed by atoms with Gasteiger partial charge in [0.15, 0.2) is 0 Å². The molecule has 0 radical (unpaired) electrons. The first kappa shape index (κ1) is 15.6. The van der Waals surface area contributed by atoms with Gasteiger partial charge in [0, 0.05) is 0 Å². The number of hydrogen-bond acceptors (Lipinski definition) is 3. The molecular weight excluding hydrogens is 276 g/mol. The van der Waals surface area contributed by atoms with Crippen molar-refractivity contribution < 1.29 is 14.3 Å². The predicted molar refractivity (Wildman–Crippen MR) is 87.1 cm³/mol. The number of allylic oxidation sites excluding steroid dienone is 2. The minimum absolute atomic E-state index is 0.159. The summed E-state index contributed by atoms with van der Waals surface area (Å²) in [5.41, 5.74) is 3.12. The van der Waals surface area contributed by atoms with Crippen LogP contribution in [-0.4, -0.2) is 20.2 Å². The average molecular weight is 294 g/mol. The Bertz CT molecular complexity index is 629. The van der Waals surface area contributed by atoms with Crippen LogP contribution in [-0.2, 0) is 14.3 Å². The van der Waals surface area contributed by atoms with Crippen LogP contribution >= 0.6 is 0 Å². The highest BCUT2D eigenvalue weighted by atomic mass is 16.6. The molecule has 2 aromatic carbocycles. The monoisotopic (exact) mass is 294 g/mol. The van der Waals surface area contributed by atoms with Crippen molar-refractivity contribution in [1.29, 1.82) is 0 Å². The van der Waals surface area contributed by atoms with Crippen LogP contribution in [0, 0.1) is 0 Å². The van der Waals surface area contributed by atoms with Gasteiger partial charge in [-0.2, -0.15) is 0 Å². The van der Waals surface area contributed by atoms with Crippen molar-refractivity contribution >= 4 is 11.5 Å². The normalized spacial score (nSPS) is 10.7. The lowest BCUT2D eigenvalue weighted by Crippen LogP contribution is -2.06. The zero-order valence-electron chi connectivity index (χ0n) is 12.7. The van der Waals surface area contributed by atoms with Crippen LogP contribution in [0.2, 0.25) is 0 Å². The summed E-state index contributed by atoms with van der Waals surface area (Å²) in [5.74, 6) is -0.342. The summed E-state index contributed by atoms with van der Waals surface area (Å²) in [6.07, 6.45) is 3.49. The SMILES string of the molecule is COC(=O)C(=CC=C(c1ccccc1)c1ccccc1)OC. The first-order valence-corrected chi connectivity index (χ1v) is 6.91. The third-order valence-electron chi connectivity index (χ3n) is 3.18. The Balaban J connectivity index is 2.48. The topological polar surface area (TPSA) is 35.5 Å². The number of carbonyl (C=O) groups excluding carboxylic acids is 1. The molecule has 0 fully saturated rings. The summed E-state index contributed by atoms with van der Waals surface area (Å²) < 4.78 is 9.75. The van der Waals surface area contributed by atoms with E-state index in [4.69, 9.17) is 4.74 Å². The lowest BCUT2D eigenvalue weighted by Gasteiger charge is -2.08. The van der Waals surface area contributed by atoms with Crippen LogP contribution < -0.4 is 0 Å². The molecule has 0 saturated carbocycles. The van der Waals surface area contributed by atoms with Gasteiger partial charge in [-0.15, -0.1) is 0 Å². The van der Waals surface area contributed by atoms with Gasteiger partial charge in [0.1, 0.15) is 0 Å². The number of ether oxygens (including phenoxy) is 2. The Labute approximate surface area is 130 Å². The molecule has 0 bridgehead atoms. The second kappa shape index (κ2) is 7.84. The van der Waals surface area contributed by atoms with E-state index < -0.39 is 5.97 Å². The molecule has 0 unspecified atom stereocenters. The van der Waals surface area contributed by atoms with Crippen LogP contribution in [0.25, 0.3) is 5.57 Å². The van der Waals surface area contributed by atoms with Gasteiger partial charge in [0.25, 0.3) is 0 Å². The maximum atomic E-state index is 11.6. The zero-order chi connectivity index (χ0) is 15.8. The number of rotatable bonds is 5. The first-order valence-electron chi connectivity index (χ1n) is 6.91. The predicted octanol–water partition coefficient (Wildman–Crippen LogP) is 3.82. The number of methoxy groups -OCH3 is 2. The van der Waals surface area contributed by atoms with Crippen molar-refractivity contribution in [2.24, 2.45) is 0 Å². The molecule has 0 aliphatic carbocycles. The maximum Gasteiger partial charge on any atom is 0.373 e. The third kappa shape index (κ3) is 3.85. The van der Waals surface area contributed by atoms with Crippen molar-refractivity contribution in [1.82, 2.24) is 0 Å². The molecule has 22 heavy (non-hydrogen) atoms. The molecule has 2 aromatic rings. The summed E-state index contributed by atoms with van der Waals surface area (Å²) >= 11 is 0. The van der Waals surface area contributed by atoms with E-state index in [1.165, 1.54) is 14.2 Å². The molecule has 0 atom stereocenters. The Hall–Kier alpha value is -2.81. The summed E-state index contributed by atoms with van der Waals surface area (Å²) in [4.78, 5) is 11.6. The van der Waals surface area contributed by atoms with Crippen molar-refractivity contribution in [3.63, 3.8) is 0 Å². The quantitative estimate of drug-likeness (QED) is 0.364. The number of carbonyl (C=O) groups is 1. The van der Waals surface area contributed by atoms with Gasteiger partial charge in [0.05, 0.1) is 14.2 Å². The fourth-order valence-corrected chi connectivity index (χ4v) is 2.07. The number of esters is 1. The van der Waals surface area contributed by atoms with E-state index in [2.05, 4.69) is 4.74 Å². The van der Waals surface area contributed by atoms with E-state index in [9.17, 15) is 4.79 Å². The first-order chi connectivity index (χ1) is 10.8.